The standard InChI is InChI=1S/C18H19Cl2N3O/c19-15-6-2-1-5-14(15)13-22-9-11-23(12-10-22)18(24)21-17-8-4-3-7-16(17)20/h1-8H,9-13H2,(H,21,24). The summed E-state index contributed by atoms with van der Waals surface area (Å²) in [5.41, 5.74) is 1.76. The topological polar surface area (TPSA) is 35.6 Å². The van der Waals surface area contributed by atoms with Gasteiger partial charge in [0.05, 0.1) is 10.7 Å². The second-order valence-electron chi connectivity index (χ2n) is 5.76. The molecule has 0 saturated carbocycles. The summed E-state index contributed by atoms with van der Waals surface area (Å²) in [4.78, 5) is 16.5. The fourth-order valence-corrected chi connectivity index (χ4v) is 3.11. The molecule has 126 valence electrons. The molecule has 1 N–H and O–H groups in total. The smallest absolute Gasteiger partial charge is 0.321 e. The zero-order chi connectivity index (χ0) is 16.9. The lowest BCUT2D eigenvalue weighted by Gasteiger charge is -2.34. The van der Waals surface area contributed by atoms with E-state index in [9.17, 15) is 4.79 Å². The molecule has 1 aliphatic rings. The predicted octanol–water partition coefficient (Wildman–Crippen LogP) is 4.34. The number of urea groups is 1. The molecule has 1 saturated heterocycles. The van der Waals surface area contributed by atoms with E-state index in [0.717, 1.165) is 30.2 Å². The van der Waals surface area contributed by atoms with Crippen LogP contribution >= 0.6 is 23.2 Å². The van der Waals surface area contributed by atoms with E-state index in [1.54, 1.807) is 12.1 Å². The van der Waals surface area contributed by atoms with Gasteiger partial charge in [-0.25, -0.2) is 4.79 Å². The zero-order valence-corrected chi connectivity index (χ0v) is 14.7. The van der Waals surface area contributed by atoms with Gasteiger partial charge in [0, 0.05) is 37.7 Å². The molecule has 0 aliphatic carbocycles. The molecule has 2 aromatic rings. The molecule has 6 heteroatoms. The Bertz CT molecular complexity index is 715. The molecule has 0 radical (unpaired) electrons. The average Bonchev–Trinajstić information content (AvgIpc) is 2.59. The molecule has 0 spiro atoms. The summed E-state index contributed by atoms with van der Waals surface area (Å²) in [6.07, 6.45) is 0. The molecule has 24 heavy (non-hydrogen) atoms. The van der Waals surface area contributed by atoms with Crippen molar-refractivity contribution in [2.24, 2.45) is 0 Å². The first-order valence-corrected chi connectivity index (χ1v) is 8.65. The third-order valence-corrected chi connectivity index (χ3v) is 4.83. The van der Waals surface area contributed by atoms with Crippen molar-refractivity contribution in [3.8, 4) is 0 Å². The summed E-state index contributed by atoms with van der Waals surface area (Å²) in [7, 11) is 0. The van der Waals surface area contributed by atoms with Crippen molar-refractivity contribution < 1.29 is 4.79 Å². The normalized spacial score (nSPS) is 15.3. The largest absolute Gasteiger partial charge is 0.322 e. The summed E-state index contributed by atoms with van der Waals surface area (Å²) < 4.78 is 0. The van der Waals surface area contributed by atoms with Crippen LogP contribution in [0.25, 0.3) is 0 Å². The molecule has 0 aromatic heterocycles. The molecule has 2 aromatic carbocycles. The minimum atomic E-state index is -0.111. The minimum absolute atomic E-state index is 0.111. The van der Waals surface area contributed by atoms with E-state index < -0.39 is 0 Å². The number of hydrogen-bond donors (Lipinski definition) is 1. The number of nitrogens with one attached hydrogen (secondary N) is 1. The maximum Gasteiger partial charge on any atom is 0.321 e. The summed E-state index contributed by atoms with van der Waals surface area (Å²) in [6, 6.07) is 15.0. The number of piperazine rings is 1. The van der Waals surface area contributed by atoms with Crippen LogP contribution in [0.3, 0.4) is 0 Å². The number of nitrogens with zero attached hydrogens (tertiary/aromatic N) is 2. The molecular weight excluding hydrogens is 345 g/mol. The third-order valence-electron chi connectivity index (χ3n) is 4.13. The molecule has 1 aliphatic heterocycles. The van der Waals surface area contributed by atoms with E-state index >= 15 is 0 Å². The van der Waals surface area contributed by atoms with Crippen LogP contribution in [0.15, 0.2) is 48.5 Å². The molecule has 0 atom stereocenters. The van der Waals surface area contributed by atoms with E-state index in [-0.39, 0.29) is 6.03 Å². The number of para-hydroxylation sites is 1. The van der Waals surface area contributed by atoms with Crippen molar-refractivity contribution in [3.63, 3.8) is 0 Å². The van der Waals surface area contributed by atoms with E-state index in [1.165, 1.54) is 0 Å². The van der Waals surface area contributed by atoms with Crippen LogP contribution in [0, 0.1) is 0 Å². The first-order chi connectivity index (χ1) is 11.6. The second-order valence-corrected chi connectivity index (χ2v) is 6.58. The van der Waals surface area contributed by atoms with Crippen molar-refractivity contribution >= 4 is 34.9 Å². The van der Waals surface area contributed by atoms with Crippen LogP contribution in [-0.2, 0) is 6.54 Å². The van der Waals surface area contributed by atoms with Gasteiger partial charge < -0.3 is 10.2 Å². The predicted molar refractivity (Wildman–Crippen MR) is 98.8 cm³/mol. The summed E-state index contributed by atoms with van der Waals surface area (Å²) in [6.45, 7) is 3.81. The quantitative estimate of drug-likeness (QED) is 0.879. The molecule has 0 bridgehead atoms. The maximum absolute atomic E-state index is 12.4. The lowest BCUT2D eigenvalue weighted by molar-refractivity contribution is 0.143. The van der Waals surface area contributed by atoms with Gasteiger partial charge in [-0.05, 0) is 23.8 Å². The van der Waals surface area contributed by atoms with Gasteiger partial charge in [-0.2, -0.15) is 0 Å². The van der Waals surface area contributed by atoms with E-state index in [1.807, 2.05) is 41.3 Å². The number of carbonyl (C=O) groups excluding carboxylic acids is 1. The van der Waals surface area contributed by atoms with Gasteiger partial charge in [-0.3, -0.25) is 4.90 Å². The summed E-state index contributed by atoms with van der Waals surface area (Å²) in [5, 5.41) is 4.20. The molecule has 0 unspecified atom stereocenters. The van der Waals surface area contributed by atoms with Gasteiger partial charge >= 0.3 is 6.03 Å². The van der Waals surface area contributed by atoms with Crippen LogP contribution in [0.1, 0.15) is 5.56 Å². The number of carbonyl (C=O) groups is 1. The number of hydrogen-bond acceptors (Lipinski definition) is 2. The number of benzene rings is 2. The molecular formula is C18H19Cl2N3O. The van der Waals surface area contributed by atoms with Gasteiger partial charge in [0.2, 0.25) is 0 Å². The highest BCUT2D eigenvalue weighted by atomic mass is 35.5. The first kappa shape index (κ1) is 17.1. The van der Waals surface area contributed by atoms with Crippen LogP contribution in [0.4, 0.5) is 10.5 Å². The molecule has 3 rings (SSSR count). The zero-order valence-electron chi connectivity index (χ0n) is 13.2. The fraction of sp³-hybridized carbons (Fsp3) is 0.278. The number of halogens is 2. The highest BCUT2D eigenvalue weighted by molar-refractivity contribution is 6.33. The maximum atomic E-state index is 12.4. The monoisotopic (exact) mass is 363 g/mol. The minimum Gasteiger partial charge on any atom is -0.322 e. The number of amides is 2. The molecule has 1 heterocycles. The van der Waals surface area contributed by atoms with E-state index in [0.29, 0.717) is 23.8 Å². The van der Waals surface area contributed by atoms with E-state index in [2.05, 4.69) is 10.2 Å². The van der Waals surface area contributed by atoms with Crippen molar-refractivity contribution in [1.29, 1.82) is 0 Å². The van der Waals surface area contributed by atoms with Crippen LogP contribution in [0.5, 0.6) is 0 Å². The third kappa shape index (κ3) is 4.20. The highest BCUT2D eigenvalue weighted by Gasteiger charge is 2.22. The van der Waals surface area contributed by atoms with Gasteiger partial charge in [-0.1, -0.05) is 53.5 Å². The van der Waals surface area contributed by atoms with Gasteiger partial charge in [-0.15, -0.1) is 0 Å². The Hall–Kier alpha value is -1.75. The highest BCUT2D eigenvalue weighted by Crippen LogP contribution is 2.21. The number of anilines is 1. The van der Waals surface area contributed by atoms with Crippen molar-refractivity contribution in [2.75, 3.05) is 31.5 Å². The Balaban J connectivity index is 1.52. The Labute approximate surface area is 152 Å². The molecule has 4 nitrogen and oxygen atoms in total. The lowest BCUT2D eigenvalue weighted by Crippen LogP contribution is -2.49. The Morgan fingerprint density at radius 1 is 0.917 bits per heavy atom. The number of rotatable bonds is 3. The van der Waals surface area contributed by atoms with Gasteiger partial charge in [0.25, 0.3) is 0 Å². The Kier molecular flexibility index (Phi) is 5.61. The van der Waals surface area contributed by atoms with Crippen LogP contribution in [-0.4, -0.2) is 42.0 Å². The molecule has 2 amide bonds. The summed E-state index contributed by atoms with van der Waals surface area (Å²) >= 11 is 12.3. The van der Waals surface area contributed by atoms with Gasteiger partial charge in [0.1, 0.15) is 0 Å². The van der Waals surface area contributed by atoms with Crippen LogP contribution in [0.2, 0.25) is 10.0 Å². The Morgan fingerprint density at radius 3 is 2.21 bits per heavy atom. The van der Waals surface area contributed by atoms with Crippen LogP contribution < -0.4 is 5.32 Å². The van der Waals surface area contributed by atoms with E-state index in [4.69, 9.17) is 23.2 Å². The summed E-state index contributed by atoms with van der Waals surface area (Å²) in [5.74, 6) is 0. The average molecular weight is 364 g/mol. The Morgan fingerprint density at radius 2 is 1.54 bits per heavy atom. The van der Waals surface area contributed by atoms with Crippen molar-refractivity contribution in [1.82, 2.24) is 9.80 Å². The fourth-order valence-electron chi connectivity index (χ4n) is 2.73. The first-order valence-electron chi connectivity index (χ1n) is 7.90. The molecule has 1 fully saturated rings. The van der Waals surface area contributed by atoms with Crippen molar-refractivity contribution in [3.05, 3.63) is 64.1 Å². The van der Waals surface area contributed by atoms with Gasteiger partial charge in [0.15, 0.2) is 0 Å². The second kappa shape index (κ2) is 7.88. The SMILES string of the molecule is O=C(Nc1ccccc1Cl)N1CCN(Cc2ccccc2Cl)CC1. The van der Waals surface area contributed by atoms with Crippen molar-refractivity contribution in [2.45, 2.75) is 6.54 Å². The lowest BCUT2D eigenvalue weighted by atomic mass is 10.2.